The molecule has 0 spiro atoms. The number of carbonyl (C=O) groups excluding carboxylic acids is 1. The Hall–Kier alpha value is -2.62. The Morgan fingerprint density at radius 1 is 1.06 bits per heavy atom. The lowest BCUT2D eigenvalue weighted by Crippen LogP contribution is -2.38. The summed E-state index contributed by atoms with van der Waals surface area (Å²) >= 11 is 3.40. The summed E-state index contributed by atoms with van der Waals surface area (Å²) in [4.78, 5) is 26.5. The van der Waals surface area contributed by atoms with Gasteiger partial charge in [-0.3, -0.25) is 4.79 Å². The van der Waals surface area contributed by atoms with Gasteiger partial charge in [0.15, 0.2) is 5.96 Å². The number of benzene rings is 2. The lowest BCUT2D eigenvalue weighted by molar-refractivity contribution is 0.101. The molecule has 11 heteroatoms. The standard InChI is InChI=1S/C23H26BrN7O.2ClH/c1-13-6-11-17-16(12-13)20(29-18-4-2-3-5-19(18)30-23(25)26)31-21(28-17)22(32)27-15-9-7-14(24)8-10-15;;/h6-12,18-19H,2-5H2,1H3,(H,27,32)(H4,25,26,30)(H,28,29,31);2*1H/t18-,19+;;/m0../s1. The molecule has 1 aromatic heterocycles. The molecule has 6 N–H and O–H groups in total. The maximum atomic E-state index is 12.9. The first-order valence-electron chi connectivity index (χ1n) is 10.6. The molecule has 1 aliphatic carbocycles. The summed E-state index contributed by atoms with van der Waals surface area (Å²) in [5.41, 5.74) is 13.8. The lowest BCUT2D eigenvalue weighted by Gasteiger charge is -2.30. The highest BCUT2D eigenvalue weighted by molar-refractivity contribution is 9.10. The smallest absolute Gasteiger partial charge is 0.293 e. The number of rotatable bonds is 5. The molecule has 0 saturated heterocycles. The molecule has 0 bridgehead atoms. The topological polar surface area (TPSA) is 131 Å². The molecule has 1 fully saturated rings. The molecular formula is C23H28BrCl2N7O. The van der Waals surface area contributed by atoms with E-state index in [9.17, 15) is 4.79 Å². The molecule has 0 aliphatic heterocycles. The number of aromatic nitrogens is 2. The van der Waals surface area contributed by atoms with Crippen LogP contribution >= 0.6 is 40.7 Å². The van der Waals surface area contributed by atoms with E-state index in [4.69, 9.17) is 11.5 Å². The van der Waals surface area contributed by atoms with Crippen LogP contribution in [0.2, 0.25) is 0 Å². The Morgan fingerprint density at radius 3 is 2.47 bits per heavy atom. The molecule has 2 aromatic carbocycles. The van der Waals surface area contributed by atoms with Gasteiger partial charge >= 0.3 is 0 Å². The van der Waals surface area contributed by atoms with Crippen molar-refractivity contribution in [3.05, 3.63) is 58.3 Å². The molecule has 1 saturated carbocycles. The maximum absolute atomic E-state index is 12.9. The van der Waals surface area contributed by atoms with Crippen LogP contribution in [0.15, 0.2) is 51.9 Å². The van der Waals surface area contributed by atoms with Gasteiger partial charge in [-0.25, -0.2) is 15.0 Å². The third-order valence-electron chi connectivity index (χ3n) is 5.52. The molecular weight excluding hydrogens is 541 g/mol. The highest BCUT2D eigenvalue weighted by Gasteiger charge is 2.26. The fourth-order valence-electron chi connectivity index (χ4n) is 3.98. The molecule has 1 heterocycles. The van der Waals surface area contributed by atoms with Crippen molar-refractivity contribution >= 4 is 75.0 Å². The third kappa shape index (κ3) is 6.71. The predicted octanol–water partition coefficient (Wildman–Crippen LogP) is 4.79. The van der Waals surface area contributed by atoms with Gasteiger partial charge in [0.25, 0.3) is 5.91 Å². The molecule has 0 unspecified atom stereocenters. The Bertz CT molecular complexity index is 1170. The number of anilines is 2. The largest absolute Gasteiger partial charge is 0.370 e. The number of nitrogens with two attached hydrogens (primary N) is 2. The Morgan fingerprint density at radius 2 is 1.76 bits per heavy atom. The van der Waals surface area contributed by atoms with Crippen LogP contribution < -0.4 is 22.1 Å². The average molecular weight is 569 g/mol. The molecule has 1 amide bonds. The minimum Gasteiger partial charge on any atom is -0.370 e. The van der Waals surface area contributed by atoms with Gasteiger partial charge in [-0.05, 0) is 56.2 Å². The molecule has 34 heavy (non-hydrogen) atoms. The van der Waals surface area contributed by atoms with Gasteiger partial charge in [-0.2, -0.15) is 0 Å². The highest BCUT2D eigenvalue weighted by Crippen LogP contribution is 2.28. The number of aliphatic imine (C=N–C) groups is 1. The zero-order valence-corrected chi connectivity index (χ0v) is 21.8. The molecule has 1 aliphatic rings. The average Bonchev–Trinajstić information content (AvgIpc) is 2.76. The van der Waals surface area contributed by atoms with Gasteiger partial charge in [-0.1, -0.05) is 40.4 Å². The zero-order valence-electron chi connectivity index (χ0n) is 18.6. The van der Waals surface area contributed by atoms with E-state index < -0.39 is 0 Å². The Labute approximate surface area is 219 Å². The quantitative estimate of drug-likeness (QED) is 0.258. The Balaban J connectivity index is 0.00000204. The first kappa shape index (κ1) is 27.6. The van der Waals surface area contributed by atoms with Crippen LogP contribution in [-0.4, -0.2) is 33.9 Å². The monoisotopic (exact) mass is 567 g/mol. The van der Waals surface area contributed by atoms with Gasteiger partial charge in [-0.15, -0.1) is 24.8 Å². The van der Waals surface area contributed by atoms with Crippen LogP contribution in [0.3, 0.4) is 0 Å². The molecule has 8 nitrogen and oxygen atoms in total. The van der Waals surface area contributed by atoms with Gasteiger partial charge in [0, 0.05) is 15.5 Å². The van der Waals surface area contributed by atoms with Crippen molar-refractivity contribution in [3.8, 4) is 0 Å². The van der Waals surface area contributed by atoms with Gasteiger partial charge in [0.1, 0.15) is 5.82 Å². The molecule has 3 aromatic rings. The van der Waals surface area contributed by atoms with E-state index >= 15 is 0 Å². The minimum absolute atomic E-state index is 0. The summed E-state index contributed by atoms with van der Waals surface area (Å²) in [6.45, 7) is 2.01. The van der Waals surface area contributed by atoms with Crippen LogP contribution in [0.1, 0.15) is 41.9 Å². The number of nitrogens with one attached hydrogen (secondary N) is 2. The normalized spacial score (nSPS) is 17.1. The van der Waals surface area contributed by atoms with Crippen molar-refractivity contribution in [2.24, 2.45) is 16.5 Å². The summed E-state index contributed by atoms with van der Waals surface area (Å²) in [5, 5.41) is 7.24. The van der Waals surface area contributed by atoms with Gasteiger partial charge in [0.2, 0.25) is 5.82 Å². The first-order valence-corrected chi connectivity index (χ1v) is 11.4. The predicted molar refractivity (Wildman–Crippen MR) is 146 cm³/mol. The third-order valence-corrected chi connectivity index (χ3v) is 6.05. The lowest BCUT2D eigenvalue weighted by atomic mass is 9.90. The first-order chi connectivity index (χ1) is 15.4. The van der Waals surface area contributed by atoms with Crippen molar-refractivity contribution in [3.63, 3.8) is 0 Å². The molecule has 182 valence electrons. The van der Waals surface area contributed by atoms with Crippen molar-refractivity contribution in [1.29, 1.82) is 0 Å². The van der Waals surface area contributed by atoms with E-state index in [1.54, 1.807) is 0 Å². The number of carbonyl (C=O) groups is 1. The fourth-order valence-corrected chi connectivity index (χ4v) is 4.24. The van der Waals surface area contributed by atoms with Crippen LogP contribution in [0.25, 0.3) is 10.9 Å². The van der Waals surface area contributed by atoms with Gasteiger partial charge in [0.05, 0.1) is 17.6 Å². The van der Waals surface area contributed by atoms with E-state index in [0.29, 0.717) is 17.0 Å². The van der Waals surface area contributed by atoms with Gasteiger partial charge < -0.3 is 22.1 Å². The van der Waals surface area contributed by atoms with Crippen molar-refractivity contribution < 1.29 is 4.79 Å². The SMILES string of the molecule is Cc1ccc2nc(C(=O)Nc3ccc(Br)cc3)nc(N[C@H]3CCCC[C@H]3N=C(N)N)c2c1.Cl.Cl. The number of guanidine groups is 1. The van der Waals surface area contributed by atoms with Crippen molar-refractivity contribution in [1.82, 2.24) is 9.97 Å². The number of amides is 1. The number of aryl methyl sites for hydroxylation is 1. The van der Waals surface area contributed by atoms with Crippen LogP contribution in [0.5, 0.6) is 0 Å². The van der Waals surface area contributed by atoms with Crippen LogP contribution in [-0.2, 0) is 0 Å². The summed E-state index contributed by atoms with van der Waals surface area (Å²) in [6, 6.07) is 13.2. The summed E-state index contributed by atoms with van der Waals surface area (Å²) < 4.78 is 0.933. The number of fused-ring (bicyclic) bond motifs is 1. The van der Waals surface area contributed by atoms with E-state index in [-0.39, 0.29) is 54.6 Å². The molecule has 4 rings (SSSR count). The van der Waals surface area contributed by atoms with E-state index in [1.807, 2.05) is 49.4 Å². The van der Waals surface area contributed by atoms with Crippen LogP contribution in [0, 0.1) is 6.92 Å². The second-order valence-electron chi connectivity index (χ2n) is 8.03. The minimum atomic E-state index is -0.373. The fraction of sp³-hybridized carbons (Fsp3) is 0.304. The second-order valence-corrected chi connectivity index (χ2v) is 8.95. The number of hydrogen-bond acceptors (Lipinski definition) is 5. The number of halogens is 3. The summed E-state index contributed by atoms with van der Waals surface area (Å²) in [6.07, 6.45) is 3.96. The van der Waals surface area contributed by atoms with Crippen molar-refractivity contribution in [2.45, 2.75) is 44.7 Å². The van der Waals surface area contributed by atoms with E-state index in [1.165, 1.54) is 0 Å². The molecule has 2 atom stereocenters. The number of hydrogen-bond donors (Lipinski definition) is 4. The summed E-state index contributed by atoms with van der Waals surface area (Å²) in [5.74, 6) is 0.423. The highest BCUT2D eigenvalue weighted by atomic mass is 79.9. The Kier molecular flexibility index (Phi) is 9.90. The molecule has 0 radical (unpaired) electrons. The van der Waals surface area contributed by atoms with E-state index in [2.05, 4.69) is 41.5 Å². The van der Waals surface area contributed by atoms with Crippen molar-refractivity contribution in [2.75, 3.05) is 10.6 Å². The maximum Gasteiger partial charge on any atom is 0.293 e. The second kappa shape index (κ2) is 12.2. The summed E-state index contributed by atoms with van der Waals surface area (Å²) in [7, 11) is 0. The van der Waals surface area contributed by atoms with Crippen LogP contribution in [0.4, 0.5) is 11.5 Å². The zero-order chi connectivity index (χ0) is 22.7. The van der Waals surface area contributed by atoms with E-state index in [0.717, 1.165) is 41.1 Å². The number of nitrogens with zero attached hydrogens (tertiary/aromatic N) is 3.